The SMILES string of the molecule is Cc1cnc(N2CCC(c3nc(COc4ccc(-n5cnnn5)cc4)cs3)CC2)nc1. The van der Waals surface area contributed by atoms with E-state index in [1.165, 1.54) is 5.01 Å². The minimum absolute atomic E-state index is 0.455. The van der Waals surface area contributed by atoms with Gasteiger partial charge in [-0.05, 0) is 60.0 Å². The molecule has 0 N–H and O–H groups in total. The third kappa shape index (κ3) is 4.53. The average molecular weight is 435 g/mol. The van der Waals surface area contributed by atoms with Crippen LogP contribution in [0.3, 0.4) is 0 Å². The zero-order valence-electron chi connectivity index (χ0n) is 17.1. The lowest BCUT2D eigenvalue weighted by Crippen LogP contribution is -2.34. The van der Waals surface area contributed by atoms with E-state index in [1.54, 1.807) is 22.3 Å². The van der Waals surface area contributed by atoms with Crippen LogP contribution < -0.4 is 9.64 Å². The largest absolute Gasteiger partial charge is 0.487 e. The van der Waals surface area contributed by atoms with Gasteiger partial charge in [0.1, 0.15) is 18.7 Å². The van der Waals surface area contributed by atoms with Crippen molar-refractivity contribution in [3.8, 4) is 11.4 Å². The fourth-order valence-corrected chi connectivity index (χ4v) is 4.56. The van der Waals surface area contributed by atoms with Gasteiger partial charge in [0, 0.05) is 36.8 Å². The smallest absolute Gasteiger partial charge is 0.225 e. The molecule has 0 bridgehead atoms. The molecule has 1 aliphatic heterocycles. The van der Waals surface area contributed by atoms with E-state index in [2.05, 4.69) is 35.8 Å². The Labute approximate surface area is 183 Å². The zero-order valence-corrected chi connectivity index (χ0v) is 17.9. The molecule has 9 nitrogen and oxygen atoms in total. The Hall–Kier alpha value is -3.40. The van der Waals surface area contributed by atoms with Crippen LogP contribution >= 0.6 is 11.3 Å². The summed E-state index contributed by atoms with van der Waals surface area (Å²) in [7, 11) is 0. The number of rotatable bonds is 6. The summed E-state index contributed by atoms with van der Waals surface area (Å²) in [5.74, 6) is 2.09. The highest BCUT2D eigenvalue weighted by Crippen LogP contribution is 2.31. The molecule has 4 aromatic rings. The lowest BCUT2D eigenvalue weighted by molar-refractivity contribution is 0.301. The number of hydrogen-bond donors (Lipinski definition) is 0. The van der Waals surface area contributed by atoms with Crippen molar-refractivity contribution in [3.05, 3.63) is 64.6 Å². The van der Waals surface area contributed by atoms with Crippen molar-refractivity contribution in [3.63, 3.8) is 0 Å². The summed E-state index contributed by atoms with van der Waals surface area (Å²) in [4.78, 5) is 16.0. The number of tetrazole rings is 1. The summed E-state index contributed by atoms with van der Waals surface area (Å²) >= 11 is 1.72. The third-order valence-corrected chi connectivity index (χ3v) is 6.36. The molecule has 158 valence electrons. The van der Waals surface area contributed by atoms with Crippen LogP contribution in [0.5, 0.6) is 5.75 Å². The minimum Gasteiger partial charge on any atom is -0.487 e. The van der Waals surface area contributed by atoms with Gasteiger partial charge in [0.05, 0.1) is 16.4 Å². The van der Waals surface area contributed by atoms with Crippen molar-refractivity contribution in [2.45, 2.75) is 32.3 Å². The highest BCUT2D eigenvalue weighted by molar-refractivity contribution is 7.09. The van der Waals surface area contributed by atoms with E-state index in [0.717, 1.165) is 54.6 Å². The number of piperidine rings is 1. The molecule has 0 amide bonds. The Balaban J connectivity index is 1.14. The molecule has 0 aliphatic carbocycles. The van der Waals surface area contributed by atoms with Crippen molar-refractivity contribution in [1.82, 2.24) is 35.2 Å². The Bertz CT molecular complexity index is 1100. The first-order valence-corrected chi connectivity index (χ1v) is 11.1. The first-order valence-electron chi connectivity index (χ1n) is 10.2. The lowest BCUT2D eigenvalue weighted by atomic mass is 9.98. The fourth-order valence-electron chi connectivity index (χ4n) is 3.58. The van der Waals surface area contributed by atoms with E-state index < -0.39 is 0 Å². The average Bonchev–Trinajstić information content (AvgIpc) is 3.51. The number of benzene rings is 1. The van der Waals surface area contributed by atoms with Gasteiger partial charge in [0.25, 0.3) is 0 Å². The Morgan fingerprint density at radius 1 is 1.10 bits per heavy atom. The number of hydrogen-bond acceptors (Lipinski definition) is 9. The second-order valence-electron chi connectivity index (χ2n) is 7.54. The summed E-state index contributed by atoms with van der Waals surface area (Å²) in [6.45, 7) is 4.36. The molecule has 1 aromatic carbocycles. The first-order chi connectivity index (χ1) is 15.2. The molecule has 0 spiro atoms. The van der Waals surface area contributed by atoms with Gasteiger partial charge in [0.2, 0.25) is 5.95 Å². The molecule has 1 fully saturated rings. The van der Waals surface area contributed by atoms with Crippen LogP contribution in [0.25, 0.3) is 5.69 Å². The van der Waals surface area contributed by atoms with Gasteiger partial charge in [-0.1, -0.05) is 0 Å². The molecule has 31 heavy (non-hydrogen) atoms. The molecule has 1 aliphatic rings. The van der Waals surface area contributed by atoms with Gasteiger partial charge in [-0.3, -0.25) is 0 Å². The zero-order chi connectivity index (χ0) is 21.0. The molecule has 0 radical (unpaired) electrons. The molecular formula is C21H22N8OS. The van der Waals surface area contributed by atoms with Crippen LogP contribution in [-0.4, -0.2) is 48.2 Å². The predicted molar refractivity (Wildman–Crippen MR) is 117 cm³/mol. The van der Waals surface area contributed by atoms with Gasteiger partial charge in [-0.2, -0.15) is 0 Å². The first kappa shape index (κ1) is 19.6. The molecular weight excluding hydrogens is 412 g/mol. The number of aryl methyl sites for hydroxylation is 1. The summed E-state index contributed by atoms with van der Waals surface area (Å²) in [6.07, 6.45) is 7.43. The fraction of sp³-hybridized carbons (Fsp3) is 0.333. The molecule has 0 saturated carbocycles. The topological polar surface area (TPSA) is 94.7 Å². The van der Waals surface area contributed by atoms with E-state index in [9.17, 15) is 0 Å². The normalized spacial score (nSPS) is 14.7. The Morgan fingerprint density at radius 2 is 1.87 bits per heavy atom. The summed E-state index contributed by atoms with van der Waals surface area (Å²) < 4.78 is 7.51. The molecule has 4 heterocycles. The monoisotopic (exact) mass is 434 g/mol. The number of ether oxygens (including phenoxy) is 1. The summed E-state index contributed by atoms with van der Waals surface area (Å²) in [5, 5.41) is 14.5. The Kier molecular flexibility index (Phi) is 5.53. The van der Waals surface area contributed by atoms with Crippen LogP contribution in [-0.2, 0) is 6.61 Å². The number of aromatic nitrogens is 7. The standard InChI is InChI=1S/C21H22N8OS/c1-15-10-22-21(23-11-15)28-8-6-16(7-9-28)20-25-17(13-31-20)12-30-19-4-2-18(3-5-19)29-14-24-26-27-29/h2-5,10-11,13-14,16H,6-9,12H2,1H3. The van der Waals surface area contributed by atoms with E-state index in [1.807, 2.05) is 43.6 Å². The van der Waals surface area contributed by atoms with Crippen molar-refractivity contribution < 1.29 is 4.74 Å². The molecule has 5 rings (SSSR count). The highest BCUT2D eigenvalue weighted by Gasteiger charge is 2.24. The third-order valence-electron chi connectivity index (χ3n) is 5.30. The van der Waals surface area contributed by atoms with Gasteiger partial charge >= 0.3 is 0 Å². The van der Waals surface area contributed by atoms with Crippen LogP contribution in [0.2, 0.25) is 0 Å². The van der Waals surface area contributed by atoms with E-state index in [-0.39, 0.29) is 0 Å². The van der Waals surface area contributed by atoms with E-state index in [4.69, 9.17) is 9.72 Å². The van der Waals surface area contributed by atoms with E-state index in [0.29, 0.717) is 12.5 Å². The van der Waals surface area contributed by atoms with Gasteiger partial charge < -0.3 is 9.64 Å². The minimum atomic E-state index is 0.455. The van der Waals surface area contributed by atoms with Crippen molar-refractivity contribution in [2.24, 2.45) is 0 Å². The van der Waals surface area contributed by atoms with E-state index >= 15 is 0 Å². The predicted octanol–water partition coefficient (Wildman–Crippen LogP) is 3.18. The number of thiazole rings is 1. The van der Waals surface area contributed by atoms with Gasteiger partial charge in [0.15, 0.2) is 0 Å². The van der Waals surface area contributed by atoms with Crippen molar-refractivity contribution in [1.29, 1.82) is 0 Å². The van der Waals surface area contributed by atoms with Crippen LogP contribution in [0.15, 0.2) is 48.4 Å². The van der Waals surface area contributed by atoms with Crippen LogP contribution in [0.4, 0.5) is 5.95 Å². The maximum Gasteiger partial charge on any atom is 0.225 e. The van der Waals surface area contributed by atoms with Crippen LogP contribution in [0, 0.1) is 6.92 Å². The quantitative estimate of drug-likeness (QED) is 0.457. The molecule has 3 aromatic heterocycles. The summed E-state index contributed by atoms with van der Waals surface area (Å²) in [5.41, 5.74) is 2.93. The number of nitrogens with zero attached hydrogens (tertiary/aromatic N) is 8. The highest BCUT2D eigenvalue weighted by atomic mass is 32.1. The molecule has 1 saturated heterocycles. The molecule has 0 unspecified atom stereocenters. The molecule has 0 atom stereocenters. The van der Waals surface area contributed by atoms with Crippen molar-refractivity contribution in [2.75, 3.05) is 18.0 Å². The van der Waals surface area contributed by atoms with Crippen LogP contribution in [0.1, 0.15) is 35.0 Å². The van der Waals surface area contributed by atoms with Gasteiger partial charge in [-0.25, -0.2) is 19.6 Å². The summed E-state index contributed by atoms with van der Waals surface area (Å²) in [6, 6.07) is 7.66. The number of anilines is 1. The van der Waals surface area contributed by atoms with Crippen molar-refractivity contribution >= 4 is 17.3 Å². The second-order valence-corrected chi connectivity index (χ2v) is 8.43. The molecule has 10 heteroatoms. The second kappa shape index (κ2) is 8.76. The lowest BCUT2D eigenvalue weighted by Gasteiger charge is -2.31. The van der Waals surface area contributed by atoms with Gasteiger partial charge in [-0.15, -0.1) is 16.4 Å². The Morgan fingerprint density at radius 3 is 2.58 bits per heavy atom. The maximum absolute atomic E-state index is 5.91. The maximum atomic E-state index is 5.91.